The maximum Gasteiger partial charge on any atom is 0.0107 e. The predicted molar refractivity (Wildman–Crippen MR) is 28.9 cm³/mol. The topological polar surface area (TPSA) is 26.0 Å². The van der Waals surface area contributed by atoms with Gasteiger partial charge in [-0.05, 0) is 35.5 Å². The Morgan fingerprint density at radius 2 is 1.00 bits per heavy atom. The highest BCUT2D eigenvalue weighted by molar-refractivity contribution is 5.39. The Labute approximate surface area is 48.2 Å². The summed E-state index contributed by atoms with van der Waals surface area (Å²) in [5.74, 6) is 6.74. The SMILES string of the molecule is NC1C2C3C2C2C1C32. The van der Waals surface area contributed by atoms with Gasteiger partial charge in [-0.1, -0.05) is 0 Å². The zero-order valence-electron chi connectivity index (χ0n) is 4.62. The first kappa shape index (κ1) is 3.21. The molecule has 0 unspecified atom stereocenters. The minimum Gasteiger partial charge on any atom is -0.327 e. The van der Waals surface area contributed by atoms with Gasteiger partial charge < -0.3 is 5.73 Å². The first-order valence-electron chi connectivity index (χ1n) is 3.67. The van der Waals surface area contributed by atoms with Gasteiger partial charge in [0.15, 0.2) is 0 Å². The van der Waals surface area contributed by atoms with E-state index in [1.165, 1.54) is 23.7 Å². The first-order chi connectivity index (χ1) is 3.91. The Bertz CT molecular complexity index is 145. The molecule has 0 radical (unpaired) electrons. The van der Waals surface area contributed by atoms with Crippen molar-refractivity contribution in [3.63, 3.8) is 0 Å². The molecule has 0 heterocycles. The predicted octanol–water partition coefficient (Wildman–Crippen LogP) is 0.0653. The Balaban J connectivity index is 2.06. The van der Waals surface area contributed by atoms with E-state index in [0.717, 1.165) is 11.8 Å². The van der Waals surface area contributed by atoms with Gasteiger partial charge in [0.2, 0.25) is 0 Å². The average Bonchev–Trinajstić information content (AvgIpc) is 2.34. The molecule has 2 N–H and O–H groups in total. The van der Waals surface area contributed by atoms with E-state index in [4.69, 9.17) is 5.73 Å². The Morgan fingerprint density at radius 3 is 1.12 bits per heavy atom. The molecule has 0 aromatic rings. The second kappa shape index (κ2) is 0.563. The van der Waals surface area contributed by atoms with E-state index >= 15 is 0 Å². The minimum absolute atomic E-state index is 0.667. The Hall–Kier alpha value is -0.0400. The number of rotatable bonds is 0. The summed E-state index contributed by atoms with van der Waals surface area (Å²) in [6.07, 6.45) is 0. The minimum atomic E-state index is 0.667. The third-order valence-electron chi connectivity index (χ3n) is 4.16. The van der Waals surface area contributed by atoms with E-state index in [-0.39, 0.29) is 0 Å². The molecule has 8 heavy (non-hydrogen) atoms. The zero-order valence-corrected chi connectivity index (χ0v) is 4.62. The molecule has 0 aromatic heterocycles. The number of nitrogens with two attached hydrogens (primary N) is 1. The largest absolute Gasteiger partial charge is 0.327 e. The van der Waals surface area contributed by atoms with Crippen molar-refractivity contribution in [3.05, 3.63) is 0 Å². The van der Waals surface area contributed by atoms with Crippen molar-refractivity contribution in [1.82, 2.24) is 0 Å². The van der Waals surface area contributed by atoms with Crippen LogP contribution in [0.15, 0.2) is 0 Å². The molecule has 0 spiro atoms. The van der Waals surface area contributed by atoms with Crippen molar-refractivity contribution in [1.29, 1.82) is 0 Å². The van der Waals surface area contributed by atoms with Crippen LogP contribution in [0.1, 0.15) is 0 Å². The summed E-state index contributed by atoms with van der Waals surface area (Å²) in [6, 6.07) is 0.667. The summed E-state index contributed by atoms with van der Waals surface area (Å²) < 4.78 is 0. The molecule has 1 heteroatoms. The van der Waals surface area contributed by atoms with Gasteiger partial charge >= 0.3 is 0 Å². The molecule has 0 aromatic carbocycles. The summed E-state index contributed by atoms with van der Waals surface area (Å²) in [7, 11) is 0. The number of hydrogen-bond donors (Lipinski definition) is 1. The van der Waals surface area contributed by atoms with E-state index in [1.54, 1.807) is 0 Å². The van der Waals surface area contributed by atoms with Gasteiger partial charge in [0.05, 0.1) is 0 Å². The molecule has 5 aliphatic rings. The van der Waals surface area contributed by atoms with Crippen LogP contribution in [0.2, 0.25) is 0 Å². The fourth-order valence-electron chi connectivity index (χ4n) is 3.96. The van der Waals surface area contributed by atoms with Crippen LogP contribution in [0.4, 0.5) is 0 Å². The molecule has 0 amide bonds. The molecule has 42 valence electrons. The van der Waals surface area contributed by atoms with Crippen LogP contribution in [0.25, 0.3) is 0 Å². The monoisotopic (exact) mass is 107 g/mol. The van der Waals surface area contributed by atoms with Gasteiger partial charge in [-0.15, -0.1) is 0 Å². The van der Waals surface area contributed by atoms with Crippen molar-refractivity contribution < 1.29 is 0 Å². The standard InChI is InChI=1S/C7H9N/c8-7-5-1-2(5)4-3(1)6(4)7/h1-7H,8H2. The third kappa shape index (κ3) is 0.113. The lowest BCUT2D eigenvalue weighted by Crippen LogP contribution is -2.20. The van der Waals surface area contributed by atoms with Gasteiger partial charge in [0, 0.05) is 6.04 Å². The summed E-state index contributed by atoms with van der Waals surface area (Å²) in [5.41, 5.74) is 5.93. The lowest BCUT2D eigenvalue weighted by molar-refractivity contribution is 0.434. The van der Waals surface area contributed by atoms with Crippen LogP contribution >= 0.6 is 0 Å². The molecule has 0 saturated heterocycles. The molecule has 0 aliphatic heterocycles. The molecule has 5 fully saturated rings. The second-order valence-corrected chi connectivity index (χ2v) is 4.04. The van der Waals surface area contributed by atoms with E-state index in [1.807, 2.05) is 0 Å². The molecular formula is C7H9N. The van der Waals surface area contributed by atoms with E-state index < -0.39 is 0 Å². The van der Waals surface area contributed by atoms with Crippen LogP contribution in [0.3, 0.4) is 0 Å². The first-order valence-corrected chi connectivity index (χ1v) is 3.67. The molecule has 1 nitrogen and oxygen atoms in total. The van der Waals surface area contributed by atoms with Crippen molar-refractivity contribution in [2.45, 2.75) is 6.04 Å². The summed E-state index contributed by atoms with van der Waals surface area (Å²) >= 11 is 0. The van der Waals surface area contributed by atoms with Crippen molar-refractivity contribution in [3.8, 4) is 0 Å². The van der Waals surface area contributed by atoms with Gasteiger partial charge in [-0.25, -0.2) is 0 Å². The smallest absolute Gasteiger partial charge is 0.0107 e. The fourth-order valence-corrected chi connectivity index (χ4v) is 3.96. The lowest BCUT2D eigenvalue weighted by atomic mass is 10.0. The van der Waals surface area contributed by atoms with E-state index in [2.05, 4.69) is 0 Å². The molecule has 5 saturated carbocycles. The third-order valence-corrected chi connectivity index (χ3v) is 4.16. The van der Waals surface area contributed by atoms with Crippen LogP contribution < -0.4 is 5.73 Å². The quantitative estimate of drug-likeness (QED) is 0.465. The van der Waals surface area contributed by atoms with E-state index in [0.29, 0.717) is 6.04 Å². The molecular weight excluding hydrogens is 98.1 g/mol. The van der Waals surface area contributed by atoms with Crippen molar-refractivity contribution in [2.75, 3.05) is 0 Å². The molecule has 0 atom stereocenters. The molecule has 2 bridgehead atoms. The highest BCUT2D eigenvalue weighted by atomic mass is 15.0. The maximum absolute atomic E-state index is 5.93. The average molecular weight is 107 g/mol. The van der Waals surface area contributed by atoms with Crippen molar-refractivity contribution in [2.24, 2.45) is 41.2 Å². The van der Waals surface area contributed by atoms with Gasteiger partial charge in [-0.2, -0.15) is 0 Å². The van der Waals surface area contributed by atoms with Gasteiger partial charge in [0.1, 0.15) is 0 Å². The summed E-state index contributed by atoms with van der Waals surface area (Å²) in [4.78, 5) is 0. The Morgan fingerprint density at radius 1 is 0.625 bits per heavy atom. The second-order valence-electron chi connectivity index (χ2n) is 4.04. The molecule has 5 aliphatic carbocycles. The highest BCUT2D eigenvalue weighted by Crippen LogP contribution is 2.91. The fraction of sp³-hybridized carbons (Fsp3) is 1.00. The van der Waals surface area contributed by atoms with Crippen LogP contribution in [-0.4, -0.2) is 6.04 Å². The highest BCUT2D eigenvalue weighted by Gasteiger charge is 2.91. The van der Waals surface area contributed by atoms with Gasteiger partial charge in [-0.3, -0.25) is 0 Å². The maximum atomic E-state index is 5.93. The van der Waals surface area contributed by atoms with E-state index in [9.17, 15) is 0 Å². The normalized spacial score (nSPS) is 94.9. The summed E-state index contributed by atoms with van der Waals surface area (Å²) in [5, 5.41) is 0. The van der Waals surface area contributed by atoms with Gasteiger partial charge in [0.25, 0.3) is 0 Å². The molecule has 5 rings (SSSR count). The Kier molecular flexibility index (Phi) is 0.226. The zero-order chi connectivity index (χ0) is 5.04. The van der Waals surface area contributed by atoms with Crippen molar-refractivity contribution >= 4 is 0 Å². The number of hydrogen-bond acceptors (Lipinski definition) is 1. The summed E-state index contributed by atoms with van der Waals surface area (Å²) in [6.45, 7) is 0. The van der Waals surface area contributed by atoms with Crippen LogP contribution in [0.5, 0.6) is 0 Å². The van der Waals surface area contributed by atoms with Crippen LogP contribution in [0, 0.1) is 35.5 Å². The van der Waals surface area contributed by atoms with Crippen LogP contribution in [-0.2, 0) is 0 Å². The lowest BCUT2D eigenvalue weighted by Gasteiger charge is -2.03.